The van der Waals surface area contributed by atoms with Crippen molar-refractivity contribution in [3.8, 4) is 0 Å². The van der Waals surface area contributed by atoms with Gasteiger partial charge in [0.2, 0.25) is 0 Å². The molecular weight excluding hydrogens is 925 g/mol. The van der Waals surface area contributed by atoms with Crippen molar-refractivity contribution in [1.29, 1.82) is 0 Å². The Morgan fingerprint density at radius 2 is 0.533 bits per heavy atom. The number of esters is 3. The van der Waals surface area contributed by atoms with Gasteiger partial charge in [0, 0.05) is 19.3 Å². The van der Waals surface area contributed by atoms with E-state index in [-0.39, 0.29) is 37.5 Å². The van der Waals surface area contributed by atoms with Gasteiger partial charge >= 0.3 is 17.9 Å². The summed E-state index contributed by atoms with van der Waals surface area (Å²) in [6.45, 7) is 6.36. The first-order valence-electron chi connectivity index (χ1n) is 31.0. The largest absolute Gasteiger partial charge is 0.462 e. The number of ether oxygens (including phenoxy) is 3. The van der Waals surface area contributed by atoms with Crippen LogP contribution >= 0.6 is 0 Å². The number of hydrogen-bond acceptors (Lipinski definition) is 6. The molecule has 0 aliphatic rings. The Morgan fingerprint density at radius 1 is 0.280 bits per heavy atom. The van der Waals surface area contributed by atoms with Crippen molar-refractivity contribution in [2.75, 3.05) is 13.2 Å². The van der Waals surface area contributed by atoms with Crippen LogP contribution in [-0.2, 0) is 28.6 Å². The predicted molar refractivity (Wildman–Crippen MR) is 325 cm³/mol. The Kier molecular flexibility index (Phi) is 58.9. The lowest BCUT2D eigenvalue weighted by atomic mass is 10.0. The number of hydrogen-bond donors (Lipinski definition) is 0. The summed E-state index contributed by atoms with van der Waals surface area (Å²) in [6, 6.07) is 0. The fourth-order valence-corrected chi connectivity index (χ4v) is 8.39. The molecule has 0 aliphatic heterocycles. The fraction of sp³-hybridized carbons (Fsp3) is 0.667. The Labute approximate surface area is 462 Å². The highest BCUT2D eigenvalue weighted by molar-refractivity contribution is 5.71. The van der Waals surface area contributed by atoms with E-state index < -0.39 is 6.10 Å². The van der Waals surface area contributed by atoms with Crippen LogP contribution in [0.5, 0.6) is 0 Å². The first-order valence-corrected chi connectivity index (χ1v) is 31.0. The second-order valence-electron chi connectivity index (χ2n) is 20.2. The second kappa shape index (κ2) is 62.4. The number of rotatable bonds is 55. The topological polar surface area (TPSA) is 78.9 Å². The van der Waals surface area contributed by atoms with E-state index in [0.29, 0.717) is 19.3 Å². The van der Waals surface area contributed by atoms with E-state index >= 15 is 0 Å². The number of carbonyl (C=O) groups excluding carboxylic acids is 3. The van der Waals surface area contributed by atoms with E-state index in [1.165, 1.54) is 116 Å². The van der Waals surface area contributed by atoms with Crippen LogP contribution in [0.25, 0.3) is 0 Å². The van der Waals surface area contributed by atoms with Gasteiger partial charge in [0.25, 0.3) is 0 Å². The molecule has 6 heteroatoms. The van der Waals surface area contributed by atoms with Crippen LogP contribution in [-0.4, -0.2) is 37.2 Å². The number of carbonyl (C=O) groups is 3. The molecule has 0 heterocycles. The Balaban J connectivity index is 4.46. The predicted octanol–water partition coefficient (Wildman–Crippen LogP) is 21.2. The van der Waals surface area contributed by atoms with Gasteiger partial charge in [0.15, 0.2) is 6.10 Å². The lowest BCUT2D eigenvalue weighted by Crippen LogP contribution is -2.30. The van der Waals surface area contributed by atoms with Crippen molar-refractivity contribution in [2.24, 2.45) is 0 Å². The van der Waals surface area contributed by atoms with E-state index in [9.17, 15) is 14.4 Å². The van der Waals surface area contributed by atoms with E-state index in [1.54, 1.807) is 0 Å². The van der Waals surface area contributed by atoms with Crippen molar-refractivity contribution in [3.05, 3.63) is 122 Å². The van der Waals surface area contributed by atoms with E-state index in [2.05, 4.69) is 142 Å². The minimum absolute atomic E-state index is 0.112. The third-order valence-electron chi connectivity index (χ3n) is 13.0. The van der Waals surface area contributed by atoms with Crippen LogP contribution in [0.15, 0.2) is 122 Å². The zero-order valence-electron chi connectivity index (χ0n) is 48.8. The SMILES string of the molecule is CC/C=C\C/C=C\C/C=C\C/C=C\C/C=C\C/C=C\C/C=C\CCCC(=O)OCC(COC(=O)CCCCC/C=C\C/C=C\C/C=C\CC)OC(=O)CCCCCCCCCCCCCCCCCCCCCCC. The first kappa shape index (κ1) is 70.8. The second-order valence-corrected chi connectivity index (χ2v) is 20.2. The van der Waals surface area contributed by atoms with Gasteiger partial charge in [0.1, 0.15) is 13.2 Å². The number of allylic oxidation sites excluding steroid dienone is 20. The van der Waals surface area contributed by atoms with Gasteiger partial charge in [-0.05, 0) is 103 Å². The summed E-state index contributed by atoms with van der Waals surface area (Å²) in [4.78, 5) is 38.2. The molecule has 6 nitrogen and oxygen atoms in total. The third-order valence-corrected chi connectivity index (χ3v) is 13.0. The van der Waals surface area contributed by atoms with Gasteiger partial charge in [-0.2, -0.15) is 0 Å². The molecule has 426 valence electrons. The standard InChI is InChI=1S/C69H114O6/c1-4-7-10-13-16-19-22-25-27-29-31-33-34-36-37-39-41-44-47-50-53-56-59-62-68(71)74-65-66(64-73-67(70)61-58-55-52-49-46-43-24-21-18-15-12-9-6-3)75-69(72)63-60-57-54-51-48-45-42-40-38-35-32-30-28-26-23-20-17-14-11-8-5-2/h7,9-10,12,16,18-19,21,25,27,31,33,36-37,41,43-44,46,50,53,66H,4-6,8,11,13-15,17,20,22-24,26,28-30,32,34-35,38-40,42,45,47-49,51-52,54-65H2,1-3H3/b10-7-,12-9-,19-16-,21-18-,27-25-,33-31-,37-36-,44-41-,46-43-,53-50-. The first-order chi connectivity index (χ1) is 37.0. The van der Waals surface area contributed by atoms with Crippen molar-refractivity contribution in [1.82, 2.24) is 0 Å². The highest BCUT2D eigenvalue weighted by Crippen LogP contribution is 2.16. The molecule has 0 N–H and O–H groups in total. The van der Waals surface area contributed by atoms with Gasteiger partial charge in [-0.1, -0.05) is 277 Å². The Bertz CT molecular complexity index is 1570. The van der Waals surface area contributed by atoms with Crippen molar-refractivity contribution in [2.45, 2.75) is 284 Å². The molecule has 0 aromatic carbocycles. The quantitative estimate of drug-likeness (QED) is 0.0261. The Hall–Kier alpha value is -4.19. The summed E-state index contributed by atoms with van der Waals surface area (Å²) in [5.41, 5.74) is 0. The molecular formula is C69H114O6. The van der Waals surface area contributed by atoms with Crippen molar-refractivity contribution >= 4 is 17.9 Å². The highest BCUT2D eigenvalue weighted by Gasteiger charge is 2.19. The van der Waals surface area contributed by atoms with Crippen LogP contribution in [0, 0.1) is 0 Å². The maximum atomic E-state index is 12.9. The minimum atomic E-state index is -0.816. The zero-order chi connectivity index (χ0) is 54.3. The van der Waals surface area contributed by atoms with Crippen LogP contribution < -0.4 is 0 Å². The molecule has 0 saturated carbocycles. The zero-order valence-corrected chi connectivity index (χ0v) is 48.8. The third kappa shape index (κ3) is 60.6. The molecule has 0 bridgehead atoms. The van der Waals surface area contributed by atoms with Gasteiger partial charge in [-0.3, -0.25) is 14.4 Å². The lowest BCUT2D eigenvalue weighted by molar-refractivity contribution is -0.167. The van der Waals surface area contributed by atoms with Gasteiger partial charge < -0.3 is 14.2 Å². The minimum Gasteiger partial charge on any atom is -0.462 e. The summed E-state index contributed by atoms with van der Waals surface area (Å²) >= 11 is 0. The van der Waals surface area contributed by atoms with Crippen molar-refractivity contribution in [3.63, 3.8) is 0 Å². The summed E-state index contributed by atoms with van der Waals surface area (Å²) in [7, 11) is 0. The van der Waals surface area contributed by atoms with Crippen LogP contribution in [0.3, 0.4) is 0 Å². The van der Waals surface area contributed by atoms with Crippen LogP contribution in [0.4, 0.5) is 0 Å². The normalized spacial score (nSPS) is 12.9. The van der Waals surface area contributed by atoms with Gasteiger partial charge in [0.05, 0.1) is 0 Å². The maximum Gasteiger partial charge on any atom is 0.306 e. The summed E-state index contributed by atoms with van der Waals surface area (Å²) in [5, 5.41) is 0. The molecule has 0 aromatic rings. The average molecular weight is 1040 g/mol. The van der Waals surface area contributed by atoms with E-state index in [0.717, 1.165) is 116 Å². The molecule has 0 rings (SSSR count). The molecule has 0 aliphatic carbocycles. The summed E-state index contributed by atoms with van der Waals surface area (Å²) in [6.07, 6.45) is 86.4. The lowest BCUT2D eigenvalue weighted by Gasteiger charge is -2.18. The van der Waals surface area contributed by atoms with E-state index in [4.69, 9.17) is 14.2 Å². The molecule has 0 fully saturated rings. The average Bonchev–Trinajstić information content (AvgIpc) is 3.41. The van der Waals surface area contributed by atoms with Gasteiger partial charge in [-0.25, -0.2) is 0 Å². The monoisotopic (exact) mass is 1040 g/mol. The van der Waals surface area contributed by atoms with Crippen molar-refractivity contribution < 1.29 is 28.6 Å². The summed E-state index contributed by atoms with van der Waals surface area (Å²) in [5.74, 6) is -0.995. The molecule has 0 aromatic heterocycles. The molecule has 0 saturated heterocycles. The maximum absolute atomic E-state index is 12.9. The van der Waals surface area contributed by atoms with Crippen LogP contribution in [0.2, 0.25) is 0 Å². The van der Waals surface area contributed by atoms with Crippen LogP contribution in [0.1, 0.15) is 278 Å². The number of unbranched alkanes of at least 4 members (excludes halogenated alkanes) is 24. The molecule has 0 radical (unpaired) electrons. The fourth-order valence-electron chi connectivity index (χ4n) is 8.39. The summed E-state index contributed by atoms with van der Waals surface area (Å²) < 4.78 is 16.8. The smallest absolute Gasteiger partial charge is 0.306 e. The highest BCUT2D eigenvalue weighted by atomic mass is 16.6. The molecule has 1 atom stereocenters. The Morgan fingerprint density at radius 3 is 0.867 bits per heavy atom. The van der Waals surface area contributed by atoms with Gasteiger partial charge in [-0.15, -0.1) is 0 Å². The van der Waals surface area contributed by atoms with E-state index in [1.807, 2.05) is 0 Å². The molecule has 0 amide bonds. The molecule has 0 spiro atoms. The molecule has 1 unspecified atom stereocenters. The molecule has 75 heavy (non-hydrogen) atoms.